The summed E-state index contributed by atoms with van der Waals surface area (Å²) < 4.78 is 0.976. The maximum atomic E-state index is 11.5. The molecule has 2 nitrogen and oxygen atoms in total. The summed E-state index contributed by atoms with van der Waals surface area (Å²) in [4.78, 5) is 17.3. The van der Waals surface area contributed by atoms with Gasteiger partial charge in [0.2, 0.25) is 0 Å². The molecule has 0 radical (unpaired) electrons. The van der Waals surface area contributed by atoms with Crippen molar-refractivity contribution in [3.63, 3.8) is 0 Å². The van der Waals surface area contributed by atoms with Crippen LogP contribution in [-0.2, 0) is 0 Å². The van der Waals surface area contributed by atoms with Crippen molar-refractivity contribution in [2.75, 3.05) is 0 Å². The van der Waals surface area contributed by atoms with Crippen LogP contribution < -0.4 is 0 Å². The van der Waals surface area contributed by atoms with Crippen LogP contribution in [-0.4, -0.2) is 11.3 Å². The first-order valence-corrected chi connectivity index (χ1v) is 7.55. The number of benzene rings is 1. The fourth-order valence-corrected chi connectivity index (χ4v) is 3.81. The van der Waals surface area contributed by atoms with Gasteiger partial charge in [-0.25, -0.2) is 0 Å². The predicted molar refractivity (Wildman–Crippen MR) is 84.2 cm³/mol. The lowest BCUT2D eigenvalue weighted by Crippen LogP contribution is -1.84. The average Bonchev–Trinajstić information content (AvgIpc) is 2.90. The van der Waals surface area contributed by atoms with Gasteiger partial charge in [-0.15, -0.1) is 11.3 Å². The molecule has 4 heteroatoms. The van der Waals surface area contributed by atoms with Gasteiger partial charge in [0.1, 0.15) is 0 Å². The van der Waals surface area contributed by atoms with Gasteiger partial charge in [-0.3, -0.25) is 4.79 Å². The van der Waals surface area contributed by atoms with Gasteiger partial charge in [0.25, 0.3) is 0 Å². The highest BCUT2D eigenvalue weighted by Crippen LogP contribution is 2.36. The molecule has 0 aliphatic rings. The molecule has 2 heterocycles. The summed E-state index contributed by atoms with van der Waals surface area (Å²) in [6.07, 6.45) is 0.938. The molecule has 3 rings (SSSR count). The van der Waals surface area contributed by atoms with Crippen LogP contribution in [0.3, 0.4) is 0 Å². The SMILES string of the molecule is Cc1cc(-c2[nH]c3c(Br)cccc3c2C=O)c(C)s1. The number of hydrogen-bond donors (Lipinski definition) is 1. The Hall–Kier alpha value is -1.39. The van der Waals surface area contributed by atoms with Gasteiger partial charge in [-0.2, -0.15) is 0 Å². The van der Waals surface area contributed by atoms with E-state index in [1.54, 1.807) is 11.3 Å². The molecule has 3 aromatic rings. The third-order valence-corrected chi connectivity index (χ3v) is 4.88. The van der Waals surface area contributed by atoms with Crippen LogP contribution in [0.1, 0.15) is 20.1 Å². The molecule has 0 aliphatic carbocycles. The first-order chi connectivity index (χ1) is 9.11. The predicted octanol–water partition coefficient (Wildman–Crippen LogP) is 5.09. The zero-order valence-corrected chi connectivity index (χ0v) is 13.0. The number of rotatable bonds is 2. The molecule has 1 aromatic carbocycles. The summed E-state index contributed by atoms with van der Waals surface area (Å²) in [6, 6.07) is 8.02. The van der Waals surface area contributed by atoms with E-state index < -0.39 is 0 Å². The molecule has 0 spiro atoms. The van der Waals surface area contributed by atoms with Crippen LogP contribution in [0, 0.1) is 13.8 Å². The first kappa shape index (κ1) is 12.6. The fourth-order valence-electron chi connectivity index (χ4n) is 2.42. The van der Waals surface area contributed by atoms with Gasteiger partial charge in [0.15, 0.2) is 6.29 Å². The summed E-state index contributed by atoms with van der Waals surface area (Å²) in [5.41, 5.74) is 3.74. The maximum Gasteiger partial charge on any atom is 0.152 e. The molecule has 0 saturated heterocycles. The second kappa shape index (κ2) is 4.62. The van der Waals surface area contributed by atoms with Gasteiger partial charge < -0.3 is 4.98 Å². The Morgan fingerprint density at radius 2 is 2.11 bits per heavy atom. The molecule has 0 bridgehead atoms. The smallest absolute Gasteiger partial charge is 0.152 e. The highest BCUT2D eigenvalue weighted by molar-refractivity contribution is 9.10. The Bertz CT molecular complexity index is 785. The Morgan fingerprint density at radius 1 is 1.32 bits per heavy atom. The molecule has 0 aliphatic heterocycles. The molecule has 0 saturated carbocycles. The van der Waals surface area contributed by atoms with Crippen molar-refractivity contribution in [1.29, 1.82) is 0 Å². The molecule has 1 N–H and O–H groups in total. The van der Waals surface area contributed by atoms with E-state index in [2.05, 4.69) is 40.8 Å². The van der Waals surface area contributed by atoms with Crippen LogP contribution in [0.2, 0.25) is 0 Å². The lowest BCUT2D eigenvalue weighted by molar-refractivity contribution is 0.112. The number of fused-ring (bicyclic) bond motifs is 1. The maximum absolute atomic E-state index is 11.5. The second-order valence-corrected chi connectivity index (χ2v) is 6.84. The van der Waals surface area contributed by atoms with Crippen LogP contribution >= 0.6 is 27.3 Å². The molecule has 19 heavy (non-hydrogen) atoms. The second-order valence-electron chi connectivity index (χ2n) is 4.52. The van der Waals surface area contributed by atoms with Crippen molar-refractivity contribution in [3.8, 4) is 11.3 Å². The minimum Gasteiger partial charge on any atom is -0.353 e. The van der Waals surface area contributed by atoms with Crippen molar-refractivity contribution in [1.82, 2.24) is 4.98 Å². The van der Waals surface area contributed by atoms with Crippen molar-refractivity contribution >= 4 is 44.5 Å². The van der Waals surface area contributed by atoms with E-state index in [-0.39, 0.29) is 0 Å². The minimum absolute atomic E-state index is 0.734. The quantitative estimate of drug-likeness (QED) is 0.651. The van der Waals surface area contributed by atoms with Gasteiger partial charge in [-0.1, -0.05) is 12.1 Å². The zero-order chi connectivity index (χ0) is 13.6. The molecule has 0 unspecified atom stereocenters. The van der Waals surface area contributed by atoms with Crippen LogP contribution in [0.4, 0.5) is 0 Å². The standard InChI is InChI=1S/C15H12BrNOS/c1-8-6-11(9(2)19-8)14-12(7-18)10-4-3-5-13(16)15(10)17-14/h3-7,17H,1-2H3. The van der Waals surface area contributed by atoms with E-state index in [1.165, 1.54) is 9.75 Å². The summed E-state index contributed by atoms with van der Waals surface area (Å²) in [6.45, 7) is 4.17. The van der Waals surface area contributed by atoms with E-state index in [0.717, 1.165) is 38.5 Å². The minimum atomic E-state index is 0.734. The Labute approximate surface area is 123 Å². The number of nitrogens with one attached hydrogen (secondary N) is 1. The van der Waals surface area contributed by atoms with Crippen molar-refractivity contribution < 1.29 is 4.79 Å². The lowest BCUT2D eigenvalue weighted by atomic mass is 10.1. The first-order valence-electron chi connectivity index (χ1n) is 5.94. The third kappa shape index (κ3) is 1.95. The van der Waals surface area contributed by atoms with Gasteiger partial charge in [0.05, 0.1) is 11.2 Å². The number of hydrogen-bond acceptors (Lipinski definition) is 2. The summed E-state index contributed by atoms with van der Waals surface area (Å²) in [5, 5.41) is 0.961. The topological polar surface area (TPSA) is 32.9 Å². The van der Waals surface area contributed by atoms with E-state index in [1.807, 2.05) is 18.2 Å². The highest BCUT2D eigenvalue weighted by Gasteiger charge is 2.16. The largest absolute Gasteiger partial charge is 0.353 e. The van der Waals surface area contributed by atoms with Crippen molar-refractivity contribution in [3.05, 3.63) is 44.1 Å². The number of carbonyl (C=O) groups excluding carboxylic acids is 1. The van der Waals surface area contributed by atoms with Gasteiger partial charge in [-0.05, 0) is 41.9 Å². The number of H-pyrrole nitrogens is 1. The molecular formula is C15H12BrNOS. The molecule has 96 valence electrons. The summed E-state index contributed by atoms with van der Waals surface area (Å²) in [7, 11) is 0. The van der Waals surface area contributed by atoms with Gasteiger partial charge in [0, 0.05) is 30.7 Å². The highest BCUT2D eigenvalue weighted by atomic mass is 79.9. The Kier molecular flexibility index (Phi) is 3.07. The molecule has 0 amide bonds. The molecule has 0 fully saturated rings. The number of para-hydroxylation sites is 1. The van der Waals surface area contributed by atoms with Gasteiger partial charge >= 0.3 is 0 Å². The Balaban J connectivity index is 2.38. The normalized spacial score (nSPS) is 11.1. The van der Waals surface area contributed by atoms with Crippen LogP contribution in [0.25, 0.3) is 22.2 Å². The van der Waals surface area contributed by atoms with E-state index >= 15 is 0 Å². The third-order valence-electron chi connectivity index (χ3n) is 3.25. The van der Waals surface area contributed by atoms with Crippen LogP contribution in [0.5, 0.6) is 0 Å². The number of halogens is 1. The van der Waals surface area contributed by atoms with Crippen molar-refractivity contribution in [2.24, 2.45) is 0 Å². The van der Waals surface area contributed by atoms with Crippen molar-refractivity contribution in [2.45, 2.75) is 13.8 Å². The fraction of sp³-hybridized carbons (Fsp3) is 0.133. The number of aromatic amines is 1. The van der Waals surface area contributed by atoms with E-state index in [4.69, 9.17) is 0 Å². The number of aromatic nitrogens is 1. The number of aryl methyl sites for hydroxylation is 2. The van der Waals surface area contributed by atoms with E-state index in [9.17, 15) is 4.79 Å². The zero-order valence-electron chi connectivity index (χ0n) is 10.6. The number of aldehydes is 1. The monoisotopic (exact) mass is 333 g/mol. The molecule has 2 aromatic heterocycles. The molecule has 0 atom stereocenters. The number of carbonyl (C=O) groups is 1. The lowest BCUT2D eigenvalue weighted by Gasteiger charge is -1.97. The van der Waals surface area contributed by atoms with E-state index in [0.29, 0.717) is 0 Å². The Morgan fingerprint density at radius 3 is 2.74 bits per heavy atom. The summed E-state index contributed by atoms with van der Waals surface area (Å²) >= 11 is 5.27. The average molecular weight is 334 g/mol. The summed E-state index contributed by atoms with van der Waals surface area (Å²) in [5.74, 6) is 0. The molecular weight excluding hydrogens is 322 g/mol. The van der Waals surface area contributed by atoms with Crippen LogP contribution in [0.15, 0.2) is 28.7 Å². The number of thiophene rings is 1.